The molecule has 35 heavy (non-hydrogen) atoms. The first-order valence-electron chi connectivity index (χ1n) is 11.9. The van der Waals surface area contributed by atoms with E-state index in [1.807, 2.05) is 25.1 Å². The smallest absolute Gasteiger partial charge is 0.245 e. The maximum absolute atomic E-state index is 12.7. The molecular formula is C25H39N3O5S2. The van der Waals surface area contributed by atoms with Crippen LogP contribution in [-0.2, 0) is 30.7 Å². The zero-order valence-corrected chi connectivity index (χ0v) is 22.7. The van der Waals surface area contributed by atoms with Crippen LogP contribution >= 0.6 is 23.5 Å². The first-order chi connectivity index (χ1) is 16.5. The van der Waals surface area contributed by atoms with Gasteiger partial charge in [0.1, 0.15) is 17.9 Å². The van der Waals surface area contributed by atoms with E-state index in [1.165, 1.54) is 18.7 Å². The molecule has 0 saturated heterocycles. The number of carbonyl (C=O) groups is 4. The van der Waals surface area contributed by atoms with Gasteiger partial charge in [-0.15, -0.1) is 0 Å². The second-order valence-electron chi connectivity index (χ2n) is 8.72. The third kappa shape index (κ3) is 12.5. The Hall–Kier alpha value is -2.04. The number of ketones is 1. The van der Waals surface area contributed by atoms with E-state index < -0.39 is 30.0 Å². The van der Waals surface area contributed by atoms with Gasteiger partial charge in [0, 0.05) is 35.4 Å². The van der Waals surface area contributed by atoms with E-state index in [9.17, 15) is 24.3 Å². The number of thioether (sulfide) groups is 2. The summed E-state index contributed by atoms with van der Waals surface area (Å²) in [4.78, 5) is 48.1. The fourth-order valence-electron chi connectivity index (χ4n) is 3.23. The number of aliphatic hydroxyl groups excluding tert-OH is 1. The number of hydrogen-bond acceptors (Lipinski definition) is 7. The topological polar surface area (TPSA) is 139 Å². The summed E-state index contributed by atoms with van der Waals surface area (Å²) in [5.41, 5.74) is 7.73. The molecule has 196 valence electrons. The van der Waals surface area contributed by atoms with Gasteiger partial charge in [-0.25, -0.2) is 0 Å². The highest BCUT2D eigenvalue weighted by Gasteiger charge is 2.30. The molecule has 0 aliphatic rings. The highest BCUT2D eigenvalue weighted by molar-refractivity contribution is 7.98. The predicted molar refractivity (Wildman–Crippen MR) is 143 cm³/mol. The lowest BCUT2D eigenvalue weighted by atomic mass is 10.0. The molecule has 0 fully saturated rings. The van der Waals surface area contributed by atoms with Gasteiger partial charge < -0.3 is 21.5 Å². The minimum Gasteiger partial charge on any atom is -0.391 e. The third-order valence-electron chi connectivity index (χ3n) is 5.30. The Kier molecular flexibility index (Phi) is 14.7. The van der Waals surface area contributed by atoms with Crippen LogP contribution in [0.3, 0.4) is 0 Å². The van der Waals surface area contributed by atoms with Gasteiger partial charge in [-0.3, -0.25) is 19.2 Å². The van der Waals surface area contributed by atoms with Crippen molar-refractivity contribution >= 4 is 47.0 Å². The third-order valence-corrected chi connectivity index (χ3v) is 7.44. The molecule has 0 aliphatic heterocycles. The van der Waals surface area contributed by atoms with Gasteiger partial charge in [-0.05, 0) is 31.4 Å². The molecule has 0 spiro atoms. The SMILES string of the molecule is CCC[C@H](C)C(=O)N[C@H](C(=O)N[C@@H](CSCc1cccc(CSCCC(C)=O)c1)C(N)=O)[C@@H](C)O. The number of amides is 3. The van der Waals surface area contributed by atoms with Crippen molar-refractivity contribution in [1.29, 1.82) is 0 Å². The molecular weight excluding hydrogens is 486 g/mol. The first-order valence-corrected chi connectivity index (χ1v) is 14.2. The van der Waals surface area contributed by atoms with E-state index >= 15 is 0 Å². The van der Waals surface area contributed by atoms with Crippen molar-refractivity contribution in [1.82, 2.24) is 10.6 Å². The van der Waals surface area contributed by atoms with Gasteiger partial charge in [0.15, 0.2) is 0 Å². The average Bonchev–Trinajstić information content (AvgIpc) is 2.79. The summed E-state index contributed by atoms with van der Waals surface area (Å²) >= 11 is 3.16. The summed E-state index contributed by atoms with van der Waals surface area (Å²) in [6.45, 7) is 6.73. The van der Waals surface area contributed by atoms with E-state index in [0.29, 0.717) is 18.6 Å². The first kappa shape index (κ1) is 31.0. The standard InChI is InChI=1S/C25H39N3O5S2/c1-5-7-16(2)24(32)28-22(18(4)30)25(33)27-21(23(26)31)15-35-14-20-9-6-8-19(12-20)13-34-11-10-17(3)29/h6,8-9,12,16,18,21-22,30H,5,7,10-11,13-15H2,1-4H3,(H2,26,31)(H,27,33)(H,28,32)/t16-,18+,21-,22-/m0/s1. The summed E-state index contributed by atoms with van der Waals surface area (Å²) in [7, 11) is 0. The minimum atomic E-state index is -1.18. The van der Waals surface area contributed by atoms with Crippen LogP contribution < -0.4 is 16.4 Å². The molecule has 0 heterocycles. The fourth-order valence-corrected chi connectivity index (χ4v) is 5.24. The average molecular weight is 526 g/mol. The quantitative estimate of drug-likeness (QED) is 0.229. The van der Waals surface area contributed by atoms with Crippen LogP contribution in [0.25, 0.3) is 0 Å². The summed E-state index contributed by atoms with van der Waals surface area (Å²) in [5.74, 6) is 0.725. The molecule has 10 heteroatoms. The molecule has 8 nitrogen and oxygen atoms in total. The molecule has 0 aromatic heterocycles. The molecule has 1 rings (SSSR count). The number of benzene rings is 1. The monoisotopic (exact) mass is 525 g/mol. The number of nitrogens with one attached hydrogen (secondary N) is 2. The highest BCUT2D eigenvalue weighted by Crippen LogP contribution is 2.19. The molecule has 3 amide bonds. The second kappa shape index (κ2) is 16.6. The zero-order chi connectivity index (χ0) is 26.4. The number of carbonyl (C=O) groups excluding carboxylic acids is 4. The number of rotatable bonds is 17. The zero-order valence-electron chi connectivity index (χ0n) is 21.0. The highest BCUT2D eigenvalue weighted by atomic mass is 32.2. The van der Waals surface area contributed by atoms with Crippen LogP contribution in [0.5, 0.6) is 0 Å². The molecule has 0 unspecified atom stereocenters. The Balaban J connectivity index is 2.63. The maximum atomic E-state index is 12.7. The van der Waals surface area contributed by atoms with Crippen LogP contribution in [0.15, 0.2) is 24.3 Å². The van der Waals surface area contributed by atoms with Crippen LogP contribution in [-0.4, -0.2) is 58.3 Å². The largest absolute Gasteiger partial charge is 0.391 e. The number of Topliss-reactive ketones (excluding diaryl/α,β-unsaturated/α-hetero) is 1. The Morgan fingerprint density at radius 2 is 1.66 bits per heavy atom. The maximum Gasteiger partial charge on any atom is 0.245 e. The molecule has 0 bridgehead atoms. The molecule has 4 atom stereocenters. The van der Waals surface area contributed by atoms with Crippen LogP contribution in [0.4, 0.5) is 0 Å². The molecule has 1 aromatic rings. The molecule has 5 N–H and O–H groups in total. The van der Waals surface area contributed by atoms with Crippen LogP contribution in [0.2, 0.25) is 0 Å². The lowest BCUT2D eigenvalue weighted by Crippen LogP contribution is -2.57. The predicted octanol–water partition coefficient (Wildman–Crippen LogP) is 2.40. The summed E-state index contributed by atoms with van der Waals surface area (Å²) in [6.07, 6.45) is 0.921. The van der Waals surface area contributed by atoms with Gasteiger partial charge in [-0.2, -0.15) is 23.5 Å². The number of aliphatic hydroxyl groups is 1. The van der Waals surface area contributed by atoms with E-state index in [4.69, 9.17) is 5.73 Å². The molecule has 0 saturated carbocycles. The normalized spacial score (nSPS) is 14.4. The van der Waals surface area contributed by atoms with E-state index in [0.717, 1.165) is 29.1 Å². The lowest BCUT2D eigenvalue weighted by Gasteiger charge is -2.25. The minimum absolute atomic E-state index is 0.187. The van der Waals surface area contributed by atoms with Crippen molar-refractivity contribution in [2.45, 2.75) is 76.7 Å². The van der Waals surface area contributed by atoms with Gasteiger partial charge in [-0.1, -0.05) is 44.5 Å². The summed E-state index contributed by atoms with van der Waals surface area (Å²) < 4.78 is 0. The van der Waals surface area contributed by atoms with Gasteiger partial charge in [0.25, 0.3) is 0 Å². The van der Waals surface area contributed by atoms with Crippen LogP contribution in [0, 0.1) is 5.92 Å². The van der Waals surface area contributed by atoms with Gasteiger partial charge in [0.2, 0.25) is 17.7 Å². The van der Waals surface area contributed by atoms with Crippen molar-refractivity contribution in [3.05, 3.63) is 35.4 Å². The van der Waals surface area contributed by atoms with Crippen molar-refractivity contribution in [2.24, 2.45) is 11.7 Å². The van der Waals surface area contributed by atoms with E-state index in [2.05, 4.69) is 16.7 Å². The Morgan fingerprint density at radius 3 is 2.20 bits per heavy atom. The van der Waals surface area contributed by atoms with Gasteiger partial charge >= 0.3 is 0 Å². The Bertz CT molecular complexity index is 850. The number of nitrogens with two attached hydrogens (primary N) is 1. The van der Waals surface area contributed by atoms with Gasteiger partial charge in [0.05, 0.1) is 6.10 Å². The van der Waals surface area contributed by atoms with Crippen molar-refractivity contribution in [2.75, 3.05) is 11.5 Å². The summed E-state index contributed by atoms with van der Waals surface area (Å²) in [5, 5.41) is 15.2. The van der Waals surface area contributed by atoms with Crippen LogP contribution in [0.1, 0.15) is 58.1 Å². The number of hydrogen-bond donors (Lipinski definition) is 4. The second-order valence-corrected chi connectivity index (χ2v) is 10.9. The Morgan fingerprint density at radius 1 is 1.03 bits per heavy atom. The molecule has 0 radical (unpaired) electrons. The fraction of sp³-hybridized carbons (Fsp3) is 0.600. The summed E-state index contributed by atoms with van der Waals surface area (Å²) in [6, 6.07) is 5.97. The van der Waals surface area contributed by atoms with Crippen molar-refractivity contribution in [3.8, 4) is 0 Å². The molecule has 1 aromatic carbocycles. The lowest BCUT2D eigenvalue weighted by molar-refractivity contribution is -0.134. The van der Waals surface area contributed by atoms with Crippen molar-refractivity contribution in [3.63, 3.8) is 0 Å². The number of primary amides is 1. The van der Waals surface area contributed by atoms with E-state index in [-0.39, 0.29) is 23.4 Å². The molecule has 0 aliphatic carbocycles. The van der Waals surface area contributed by atoms with E-state index in [1.54, 1.807) is 25.6 Å². The Labute approximate surface area is 216 Å². The van der Waals surface area contributed by atoms with Crippen molar-refractivity contribution < 1.29 is 24.3 Å².